The van der Waals surface area contributed by atoms with Crippen LogP contribution in [0.1, 0.15) is 39.2 Å². The summed E-state index contributed by atoms with van der Waals surface area (Å²) in [6.07, 6.45) is 0. The molecular weight excluding hydrogens is 226 g/mol. The van der Waals surface area contributed by atoms with Crippen LogP contribution >= 0.6 is 0 Å². The Balaban J connectivity index is 2.89. The zero-order valence-corrected chi connectivity index (χ0v) is 10.4. The van der Waals surface area contributed by atoms with Crippen LogP contribution in [0.25, 0.3) is 0 Å². The van der Waals surface area contributed by atoms with Gasteiger partial charge in [0, 0.05) is 11.6 Å². The largest absolute Gasteiger partial charge is 0.460 e. The highest BCUT2D eigenvalue weighted by atomic mass is 19.1. The van der Waals surface area contributed by atoms with Gasteiger partial charge in [-0.2, -0.15) is 0 Å². The number of ether oxygens (including phenoxy) is 1. The lowest BCUT2D eigenvalue weighted by Gasteiger charge is -2.22. The van der Waals surface area contributed by atoms with Gasteiger partial charge < -0.3 is 4.74 Å². The third kappa shape index (κ3) is 3.80. The van der Waals surface area contributed by atoms with E-state index >= 15 is 0 Å². The first kappa shape index (κ1) is 13.6. The van der Waals surface area contributed by atoms with Crippen LogP contribution in [0.2, 0.25) is 0 Å². The van der Waals surface area contributed by atoms with Gasteiger partial charge in [0.25, 0.3) is 0 Å². The fourth-order valence-corrected chi connectivity index (χ4v) is 1.37. The van der Waals surface area contributed by atoms with Gasteiger partial charge in [-0.3, -0.25) is 4.79 Å². The van der Waals surface area contributed by atoms with Gasteiger partial charge in [-0.1, -0.05) is 6.07 Å². The molecule has 0 spiro atoms. The molecule has 0 saturated carbocycles. The van der Waals surface area contributed by atoms with Crippen molar-refractivity contribution in [3.05, 3.63) is 35.4 Å². The molecule has 4 heteroatoms. The molecule has 1 atom stereocenters. The number of hydrogen-bond donors (Lipinski definition) is 0. The minimum absolute atomic E-state index is 0.139. The lowest BCUT2D eigenvalue weighted by molar-refractivity contribution is -0.156. The predicted molar refractivity (Wildman–Crippen MR) is 60.6 cm³/mol. The fraction of sp³-hybridized carbons (Fsp3) is 0.462. The molecule has 94 valence electrons. The summed E-state index contributed by atoms with van der Waals surface area (Å²) >= 11 is 0. The van der Waals surface area contributed by atoms with E-state index in [1.54, 1.807) is 20.8 Å². The summed E-state index contributed by atoms with van der Waals surface area (Å²) in [5, 5.41) is 0. The summed E-state index contributed by atoms with van der Waals surface area (Å²) in [5.74, 6) is -2.68. The highest BCUT2D eigenvalue weighted by Crippen LogP contribution is 2.23. The summed E-state index contributed by atoms with van der Waals surface area (Å²) in [7, 11) is 0. The Hall–Kier alpha value is -1.45. The normalized spacial score (nSPS) is 13.3. The summed E-state index contributed by atoms with van der Waals surface area (Å²) in [5.41, 5.74) is -0.484. The van der Waals surface area contributed by atoms with Gasteiger partial charge in [0.2, 0.25) is 0 Å². The van der Waals surface area contributed by atoms with E-state index in [1.807, 2.05) is 0 Å². The van der Waals surface area contributed by atoms with Crippen molar-refractivity contribution in [1.29, 1.82) is 0 Å². The van der Waals surface area contributed by atoms with Crippen molar-refractivity contribution in [2.24, 2.45) is 0 Å². The topological polar surface area (TPSA) is 26.3 Å². The van der Waals surface area contributed by atoms with Crippen LogP contribution in [-0.4, -0.2) is 11.6 Å². The molecule has 1 aromatic carbocycles. The maximum absolute atomic E-state index is 13.4. The first-order valence-electron chi connectivity index (χ1n) is 5.38. The lowest BCUT2D eigenvalue weighted by atomic mass is 10.0. The first-order chi connectivity index (χ1) is 7.70. The van der Waals surface area contributed by atoms with Crippen molar-refractivity contribution in [2.45, 2.75) is 39.2 Å². The fourth-order valence-electron chi connectivity index (χ4n) is 1.37. The van der Waals surface area contributed by atoms with Gasteiger partial charge in [0.15, 0.2) is 0 Å². The number of hydrogen-bond acceptors (Lipinski definition) is 2. The standard InChI is InChI=1S/C13H16F2O2/c1-8(12(16)17-13(2,3)4)10-6-5-9(14)7-11(10)15/h5-8H,1-4H3. The van der Waals surface area contributed by atoms with E-state index < -0.39 is 29.1 Å². The highest BCUT2D eigenvalue weighted by Gasteiger charge is 2.25. The maximum atomic E-state index is 13.4. The molecule has 2 nitrogen and oxygen atoms in total. The zero-order chi connectivity index (χ0) is 13.2. The number of rotatable bonds is 2. The van der Waals surface area contributed by atoms with Crippen molar-refractivity contribution in [3.8, 4) is 0 Å². The minimum Gasteiger partial charge on any atom is -0.460 e. The van der Waals surface area contributed by atoms with Crippen LogP contribution < -0.4 is 0 Å². The van der Waals surface area contributed by atoms with Crippen LogP contribution in [0.4, 0.5) is 8.78 Å². The van der Waals surface area contributed by atoms with E-state index in [9.17, 15) is 13.6 Å². The van der Waals surface area contributed by atoms with Gasteiger partial charge in [0.1, 0.15) is 17.2 Å². The maximum Gasteiger partial charge on any atom is 0.313 e. The van der Waals surface area contributed by atoms with E-state index in [4.69, 9.17) is 4.74 Å². The Morgan fingerprint density at radius 3 is 2.35 bits per heavy atom. The molecule has 0 N–H and O–H groups in total. The number of carbonyl (C=O) groups is 1. The molecule has 0 aliphatic rings. The average Bonchev–Trinajstić information content (AvgIpc) is 2.14. The Kier molecular flexibility index (Phi) is 3.86. The molecule has 0 heterocycles. The number of carbonyl (C=O) groups excluding carboxylic acids is 1. The van der Waals surface area contributed by atoms with E-state index in [-0.39, 0.29) is 5.56 Å². The molecule has 0 amide bonds. The van der Waals surface area contributed by atoms with Gasteiger partial charge in [-0.05, 0) is 33.8 Å². The minimum atomic E-state index is -0.755. The molecule has 0 fully saturated rings. The second kappa shape index (κ2) is 4.82. The van der Waals surface area contributed by atoms with Gasteiger partial charge in [0.05, 0.1) is 5.92 Å². The molecule has 0 radical (unpaired) electrons. The zero-order valence-electron chi connectivity index (χ0n) is 10.4. The van der Waals surface area contributed by atoms with Crippen molar-refractivity contribution >= 4 is 5.97 Å². The van der Waals surface area contributed by atoms with E-state index in [2.05, 4.69) is 0 Å². The second-order valence-electron chi connectivity index (χ2n) is 4.92. The van der Waals surface area contributed by atoms with E-state index in [0.717, 1.165) is 12.1 Å². The van der Waals surface area contributed by atoms with Crippen molar-refractivity contribution in [1.82, 2.24) is 0 Å². The summed E-state index contributed by atoms with van der Waals surface area (Å²) in [6.45, 7) is 6.74. The Morgan fingerprint density at radius 1 is 1.29 bits per heavy atom. The van der Waals surface area contributed by atoms with Crippen LogP contribution in [0.15, 0.2) is 18.2 Å². The number of halogens is 2. The van der Waals surface area contributed by atoms with Crippen molar-refractivity contribution in [2.75, 3.05) is 0 Å². The quantitative estimate of drug-likeness (QED) is 0.743. The molecule has 17 heavy (non-hydrogen) atoms. The first-order valence-corrected chi connectivity index (χ1v) is 5.38. The number of benzene rings is 1. The molecule has 0 aromatic heterocycles. The molecule has 0 saturated heterocycles. The van der Waals surface area contributed by atoms with Crippen LogP contribution in [-0.2, 0) is 9.53 Å². The monoisotopic (exact) mass is 242 g/mol. The summed E-state index contributed by atoms with van der Waals surface area (Å²) in [6, 6.07) is 3.15. The highest BCUT2D eigenvalue weighted by molar-refractivity contribution is 5.78. The van der Waals surface area contributed by atoms with Crippen molar-refractivity contribution in [3.63, 3.8) is 0 Å². The molecule has 0 aliphatic carbocycles. The van der Waals surface area contributed by atoms with Crippen molar-refractivity contribution < 1.29 is 18.3 Å². The predicted octanol–water partition coefficient (Wildman–Crippen LogP) is 3.41. The van der Waals surface area contributed by atoms with E-state index in [0.29, 0.717) is 0 Å². The molecule has 0 bridgehead atoms. The van der Waals surface area contributed by atoms with Crippen LogP contribution in [0, 0.1) is 11.6 Å². The van der Waals surface area contributed by atoms with Gasteiger partial charge in [-0.25, -0.2) is 8.78 Å². The Morgan fingerprint density at radius 2 is 1.88 bits per heavy atom. The molecule has 1 unspecified atom stereocenters. The second-order valence-corrected chi connectivity index (χ2v) is 4.92. The van der Waals surface area contributed by atoms with Crippen LogP contribution in [0.3, 0.4) is 0 Å². The Labute approximate surface area is 99.6 Å². The molecule has 1 rings (SSSR count). The summed E-state index contributed by atoms with van der Waals surface area (Å²) in [4.78, 5) is 11.7. The smallest absolute Gasteiger partial charge is 0.313 e. The van der Waals surface area contributed by atoms with Gasteiger partial charge >= 0.3 is 5.97 Å². The van der Waals surface area contributed by atoms with Gasteiger partial charge in [-0.15, -0.1) is 0 Å². The summed E-state index contributed by atoms with van der Waals surface area (Å²) < 4.78 is 31.3. The third-order valence-corrected chi connectivity index (χ3v) is 2.19. The number of esters is 1. The third-order valence-electron chi connectivity index (χ3n) is 2.19. The molecular formula is C13H16F2O2. The average molecular weight is 242 g/mol. The molecule has 0 aliphatic heterocycles. The molecule has 1 aromatic rings. The Bertz CT molecular complexity index is 422. The van der Waals surface area contributed by atoms with Crippen LogP contribution in [0.5, 0.6) is 0 Å². The SMILES string of the molecule is CC(C(=O)OC(C)(C)C)c1ccc(F)cc1F. The van der Waals surface area contributed by atoms with E-state index in [1.165, 1.54) is 13.0 Å². The lowest BCUT2D eigenvalue weighted by Crippen LogP contribution is -2.27.